The third-order valence-electron chi connectivity index (χ3n) is 2.31. The van der Waals surface area contributed by atoms with Gasteiger partial charge in [0.25, 0.3) is 0 Å². The topological polar surface area (TPSA) is 17.1 Å². The fourth-order valence-corrected chi connectivity index (χ4v) is 1.26. The Bertz CT molecular complexity index is 118. The Balaban J connectivity index is 3.81. The van der Waals surface area contributed by atoms with Gasteiger partial charge in [0.1, 0.15) is 5.78 Å². The van der Waals surface area contributed by atoms with Crippen molar-refractivity contribution in [1.29, 1.82) is 0 Å². The maximum atomic E-state index is 11.5. The molecule has 0 radical (unpaired) electrons. The van der Waals surface area contributed by atoms with Gasteiger partial charge in [-0.3, -0.25) is 4.79 Å². The van der Waals surface area contributed by atoms with E-state index in [-0.39, 0.29) is 11.8 Å². The number of carbonyl (C=O) groups is 1. The second kappa shape index (κ2) is 5.34. The van der Waals surface area contributed by atoms with Crippen LogP contribution in [0.4, 0.5) is 0 Å². The minimum atomic E-state index is 0.261. The molecule has 0 aromatic carbocycles. The SMILES string of the molecule is CCCC(C)C(=O)C(C)CC. The third-order valence-corrected chi connectivity index (χ3v) is 2.31. The van der Waals surface area contributed by atoms with Crippen LogP contribution in [0.25, 0.3) is 0 Å². The third kappa shape index (κ3) is 3.54. The molecule has 0 aromatic heterocycles. The van der Waals surface area contributed by atoms with Crippen LogP contribution in [0.15, 0.2) is 0 Å². The molecule has 0 aliphatic rings. The highest BCUT2D eigenvalue weighted by atomic mass is 16.1. The Hall–Kier alpha value is -0.330. The number of ketones is 1. The van der Waals surface area contributed by atoms with Crippen molar-refractivity contribution in [2.45, 2.75) is 47.0 Å². The van der Waals surface area contributed by atoms with Gasteiger partial charge in [-0.15, -0.1) is 0 Å². The molecule has 66 valence electrons. The molecule has 0 rings (SSSR count). The summed E-state index contributed by atoms with van der Waals surface area (Å²) in [4.78, 5) is 11.5. The highest BCUT2D eigenvalue weighted by Crippen LogP contribution is 2.14. The van der Waals surface area contributed by atoms with Crippen molar-refractivity contribution in [2.24, 2.45) is 11.8 Å². The monoisotopic (exact) mass is 156 g/mol. The van der Waals surface area contributed by atoms with E-state index in [1.54, 1.807) is 0 Å². The molecule has 0 amide bonds. The molecule has 0 aromatic rings. The Labute approximate surface area is 70.2 Å². The lowest BCUT2D eigenvalue weighted by molar-refractivity contribution is -0.126. The van der Waals surface area contributed by atoms with Crippen molar-refractivity contribution in [3.8, 4) is 0 Å². The van der Waals surface area contributed by atoms with Crippen LogP contribution in [-0.2, 0) is 4.79 Å². The second-order valence-corrected chi connectivity index (χ2v) is 3.40. The Kier molecular flexibility index (Phi) is 5.18. The molecule has 0 bridgehead atoms. The summed E-state index contributed by atoms with van der Waals surface area (Å²) in [5.74, 6) is 0.973. The van der Waals surface area contributed by atoms with Gasteiger partial charge < -0.3 is 0 Å². The minimum absolute atomic E-state index is 0.261. The lowest BCUT2D eigenvalue weighted by atomic mass is 9.91. The summed E-state index contributed by atoms with van der Waals surface area (Å²) in [7, 11) is 0. The van der Waals surface area contributed by atoms with Gasteiger partial charge in [0.2, 0.25) is 0 Å². The molecule has 0 fully saturated rings. The van der Waals surface area contributed by atoms with Gasteiger partial charge in [0.15, 0.2) is 0 Å². The standard InChI is InChI=1S/C10H20O/c1-5-7-9(4)10(11)8(3)6-2/h8-9H,5-7H2,1-4H3. The van der Waals surface area contributed by atoms with Crippen LogP contribution >= 0.6 is 0 Å². The molecule has 0 aliphatic heterocycles. The van der Waals surface area contributed by atoms with Crippen LogP contribution in [-0.4, -0.2) is 5.78 Å². The lowest BCUT2D eigenvalue weighted by Crippen LogP contribution is -2.18. The number of hydrogen-bond donors (Lipinski definition) is 0. The van der Waals surface area contributed by atoms with Gasteiger partial charge in [-0.1, -0.05) is 34.1 Å². The predicted octanol–water partition coefficient (Wildman–Crippen LogP) is 3.04. The fraction of sp³-hybridized carbons (Fsp3) is 0.900. The summed E-state index contributed by atoms with van der Waals surface area (Å²) >= 11 is 0. The highest BCUT2D eigenvalue weighted by Gasteiger charge is 2.16. The number of rotatable bonds is 5. The lowest BCUT2D eigenvalue weighted by Gasteiger charge is -2.13. The van der Waals surface area contributed by atoms with Gasteiger partial charge in [0.05, 0.1) is 0 Å². The summed E-state index contributed by atoms with van der Waals surface area (Å²) in [6, 6.07) is 0. The van der Waals surface area contributed by atoms with E-state index in [1.165, 1.54) is 0 Å². The largest absolute Gasteiger partial charge is 0.299 e. The normalized spacial score (nSPS) is 16.0. The van der Waals surface area contributed by atoms with Crippen LogP contribution in [0.3, 0.4) is 0 Å². The molecule has 11 heavy (non-hydrogen) atoms. The molecule has 0 saturated heterocycles. The predicted molar refractivity (Wildman–Crippen MR) is 48.5 cm³/mol. The van der Waals surface area contributed by atoms with Crippen molar-refractivity contribution in [2.75, 3.05) is 0 Å². The maximum Gasteiger partial charge on any atom is 0.138 e. The number of hydrogen-bond acceptors (Lipinski definition) is 1. The molecule has 1 nitrogen and oxygen atoms in total. The van der Waals surface area contributed by atoms with E-state index in [9.17, 15) is 4.79 Å². The van der Waals surface area contributed by atoms with Crippen molar-refractivity contribution >= 4 is 5.78 Å². The summed E-state index contributed by atoms with van der Waals surface area (Å²) in [5, 5.41) is 0. The van der Waals surface area contributed by atoms with E-state index in [2.05, 4.69) is 13.8 Å². The molecule has 2 unspecified atom stereocenters. The summed E-state index contributed by atoms with van der Waals surface area (Å²) in [5.41, 5.74) is 0. The first-order valence-electron chi connectivity index (χ1n) is 4.67. The maximum absolute atomic E-state index is 11.5. The Morgan fingerprint density at radius 1 is 1.18 bits per heavy atom. The van der Waals surface area contributed by atoms with Crippen molar-refractivity contribution in [1.82, 2.24) is 0 Å². The van der Waals surface area contributed by atoms with Crippen molar-refractivity contribution in [3.63, 3.8) is 0 Å². The second-order valence-electron chi connectivity index (χ2n) is 3.40. The fourth-order valence-electron chi connectivity index (χ4n) is 1.26. The first kappa shape index (κ1) is 10.7. The Morgan fingerprint density at radius 3 is 2.09 bits per heavy atom. The molecule has 0 N–H and O–H groups in total. The van der Waals surface area contributed by atoms with Gasteiger partial charge in [-0.2, -0.15) is 0 Å². The molecule has 0 heterocycles. The Morgan fingerprint density at radius 2 is 1.73 bits per heavy atom. The molecule has 0 aliphatic carbocycles. The van der Waals surface area contributed by atoms with Crippen molar-refractivity contribution in [3.05, 3.63) is 0 Å². The molecule has 2 atom stereocenters. The zero-order valence-electron chi connectivity index (χ0n) is 8.18. The van der Waals surface area contributed by atoms with Crippen LogP contribution in [0.2, 0.25) is 0 Å². The van der Waals surface area contributed by atoms with Crippen molar-refractivity contribution < 1.29 is 4.79 Å². The quantitative estimate of drug-likeness (QED) is 0.598. The van der Waals surface area contributed by atoms with Gasteiger partial charge in [0, 0.05) is 11.8 Å². The van der Waals surface area contributed by atoms with E-state index in [4.69, 9.17) is 0 Å². The molecular formula is C10H20O. The minimum Gasteiger partial charge on any atom is -0.299 e. The summed E-state index contributed by atoms with van der Waals surface area (Å²) in [6.45, 7) is 8.26. The molecule has 0 spiro atoms. The molecule has 0 saturated carbocycles. The van der Waals surface area contributed by atoms with Crippen LogP contribution in [0.1, 0.15) is 47.0 Å². The first-order chi connectivity index (χ1) is 5.13. The number of Topliss-reactive ketones (excluding diaryl/α,β-unsaturated/α-hetero) is 1. The van der Waals surface area contributed by atoms with Gasteiger partial charge >= 0.3 is 0 Å². The van der Waals surface area contributed by atoms with E-state index in [0.29, 0.717) is 5.78 Å². The van der Waals surface area contributed by atoms with Gasteiger partial charge in [-0.05, 0) is 12.8 Å². The van der Waals surface area contributed by atoms with Crippen LogP contribution < -0.4 is 0 Å². The van der Waals surface area contributed by atoms with E-state index < -0.39 is 0 Å². The molecular weight excluding hydrogens is 136 g/mol. The zero-order valence-corrected chi connectivity index (χ0v) is 8.18. The van der Waals surface area contributed by atoms with E-state index in [1.807, 2.05) is 13.8 Å². The smallest absolute Gasteiger partial charge is 0.138 e. The number of carbonyl (C=O) groups excluding carboxylic acids is 1. The average Bonchev–Trinajstić information content (AvgIpc) is 2.02. The van der Waals surface area contributed by atoms with Crippen LogP contribution in [0, 0.1) is 11.8 Å². The zero-order chi connectivity index (χ0) is 8.85. The van der Waals surface area contributed by atoms with Crippen LogP contribution in [0.5, 0.6) is 0 Å². The van der Waals surface area contributed by atoms with E-state index >= 15 is 0 Å². The average molecular weight is 156 g/mol. The molecule has 1 heteroatoms. The highest BCUT2D eigenvalue weighted by molar-refractivity contribution is 5.82. The summed E-state index contributed by atoms with van der Waals surface area (Å²) in [6.07, 6.45) is 3.14. The van der Waals surface area contributed by atoms with E-state index in [0.717, 1.165) is 19.3 Å². The summed E-state index contributed by atoms with van der Waals surface area (Å²) < 4.78 is 0. The van der Waals surface area contributed by atoms with Gasteiger partial charge in [-0.25, -0.2) is 0 Å². The first-order valence-corrected chi connectivity index (χ1v) is 4.67.